The normalized spacial score (nSPS) is 15.6. The van der Waals surface area contributed by atoms with Gasteiger partial charge in [0, 0.05) is 50.0 Å². The Kier molecular flexibility index (Phi) is 12.7. The van der Waals surface area contributed by atoms with Crippen LogP contribution in [0.3, 0.4) is 0 Å². The molecule has 1 fully saturated rings. The molecule has 1 aliphatic heterocycles. The lowest BCUT2D eigenvalue weighted by molar-refractivity contribution is 0.00990. The van der Waals surface area contributed by atoms with Gasteiger partial charge >= 0.3 is 0 Å². The quantitative estimate of drug-likeness (QED) is 0.231. The number of benzene rings is 1. The summed E-state index contributed by atoms with van der Waals surface area (Å²) in [6.07, 6.45) is 3.30. The van der Waals surface area contributed by atoms with Gasteiger partial charge in [-0.1, -0.05) is 29.3 Å². The van der Waals surface area contributed by atoms with Gasteiger partial charge in [-0.25, -0.2) is 4.99 Å². The minimum Gasteiger partial charge on any atom is -0.385 e. The lowest BCUT2D eigenvalue weighted by Crippen LogP contribution is -2.47. The van der Waals surface area contributed by atoms with Crippen LogP contribution < -0.4 is 5.32 Å². The van der Waals surface area contributed by atoms with Crippen LogP contribution in [0.4, 0.5) is 0 Å². The molecule has 0 aromatic heterocycles. The molecule has 2 rings (SSSR count). The topological polar surface area (TPSA) is 46.1 Å². The predicted molar refractivity (Wildman–Crippen MR) is 124 cm³/mol. The molecule has 0 saturated carbocycles. The summed E-state index contributed by atoms with van der Waals surface area (Å²) in [6, 6.07) is 5.53. The lowest BCUT2D eigenvalue weighted by atomic mass is 10.1. The van der Waals surface area contributed by atoms with E-state index in [1.54, 1.807) is 13.2 Å². The molecule has 27 heavy (non-hydrogen) atoms. The Morgan fingerprint density at radius 1 is 1.26 bits per heavy atom. The van der Waals surface area contributed by atoms with Crippen LogP contribution in [0.1, 0.15) is 31.7 Å². The van der Waals surface area contributed by atoms with E-state index < -0.39 is 0 Å². The summed E-state index contributed by atoms with van der Waals surface area (Å²) in [5.41, 5.74) is 0.975. The number of ether oxygens (including phenoxy) is 2. The van der Waals surface area contributed by atoms with E-state index in [1.165, 1.54) is 0 Å². The van der Waals surface area contributed by atoms with E-state index in [-0.39, 0.29) is 24.0 Å². The van der Waals surface area contributed by atoms with Crippen molar-refractivity contribution in [2.45, 2.75) is 38.8 Å². The van der Waals surface area contributed by atoms with Crippen LogP contribution in [-0.2, 0) is 16.0 Å². The molecule has 8 heteroatoms. The second kappa shape index (κ2) is 13.8. The number of guanidine groups is 1. The molecule has 0 amide bonds. The van der Waals surface area contributed by atoms with Gasteiger partial charge in [0.05, 0.1) is 12.6 Å². The van der Waals surface area contributed by atoms with E-state index >= 15 is 0 Å². The summed E-state index contributed by atoms with van der Waals surface area (Å²) in [5, 5.41) is 4.67. The molecule has 5 nitrogen and oxygen atoms in total. The monoisotopic (exact) mass is 529 g/mol. The minimum absolute atomic E-state index is 0. The van der Waals surface area contributed by atoms with Gasteiger partial charge in [-0.15, -0.1) is 24.0 Å². The summed E-state index contributed by atoms with van der Waals surface area (Å²) >= 11 is 12.2. The zero-order valence-corrected chi connectivity index (χ0v) is 19.9. The molecule has 0 radical (unpaired) electrons. The molecule has 1 heterocycles. The van der Waals surface area contributed by atoms with Crippen LogP contribution in [0.5, 0.6) is 0 Å². The van der Waals surface area contributed by atoms with Gasteiger partial charge < -0.3 is 19.7 Å². The molecule has 0 unspecified atom stereocenters. The Hall–Kier alpha value is -0.280. The van der Waals surface area contributed by atoms with Crippen LogP contribution in [-0.4, -0.2) is 56.9 Å². The number of methoxy groups -OCH3 is 1. The first-order valence-corrected chi connectivity index (χ1v) is 9.97. The maximum absolute atomic E-state index is 6.25. The van der Waals surface area contributed by atoms with Gasteiger partial charge in [-0.05, 0) is 43.9 Å². The van der Waals surface area contributed by atoms with Gasteiger partial charge in [-0.3, -0.25) is 0 Å². The van der Waals surface area contributed by atoms with Crippen molar-refractivity contribution < 1.29 is 9.47 Å². The molecule has 1 aromatic carbocycles. The molecule has 0 aliphatic carbocycles. The van der Waals surface area contributed by atoms with Crippen molar-refractivity contribution >= 4 is 53.1 Å². The largest absolute Gasteiger partial charge is 0.385 e. The maximum Gasteiger partial charge on any atom is 0.194 e. The Morgan fingerprint density at radius 2 is 2.00 bits per heavy atom. The van der Waals surface area contributed by atoms with E-state index in [0.29, 0.717) is 22.7 Å². The highest BCUT2D eigenvalue weighted by Crippen LogP contribution is 2.22. The third-order valence-electron chi connectivity index (χ3n) is 4.34. The van der Waals surface area contributed by atoms with Crippen LogP contribution in [0.25, 0.3) is 0 Å². The van der Waals surface area contributed by atoms with Crippen molar-refractivity contribution in [1.29, 1.82) is 0 Å². The molecule has 1 aromatic rings. The number of aliphatic imine (C=N–C) groups is 1. The molecule has 0 bridgehead atoms. The van der Waals surface area contributed by atoms with Crippen LogP contribution >= 0.6 is 47.2 Å². The van der Waals surface area contributed by atoms with Gasteiger partial charge in [-0.2, -0.15) is 0 Å². The summed E-state index contributed by atoms with van der Waals surface area (Å²) < 4.78 is 11.0. The van der Waals surface area contributed by atoms with Gasteiger partial charge in [0.25, 0.3) is 0 Å². The summed E-state index contributed by atoms with van der Waals surface area (Å²) in [5.74, 6) is 0.927. The van der Waals surface area contributed by atoms with Crippen molar-refractivity contribution in [1.82, 2.24) is 10.2 Å². The van der Waals surface area contributed by atoms with E-state index in [0.717, 1.165) is 63.6 Å². The molecule has 1 saturated heterocycles. The highest BCUT2D eigenvalue weighted by atomic mass is 127. The minimum atomic E-state index is 0. The van der Waals surface area contributed by atoms with Gasteiger partial charge in [0.1, 0.15) is 0 Å². The van der Waals surface area contributed by atoms with Crippen LogP contribution in [0.2, 0.25) is 10.0 Å². The van der Waals surface area contributed by atoms with Crippen LogP contribution in [0.15, 0.2) is 23.2 Å². The summed E-state index contributed by atoms with van der Waals surface area (Å²) in [4.78, 5) is 7.05. The number of rotatable bonds is 8. The number of nitrogens with one attached hydrogen (secondary N) is 1. The fourth-order valence-corrected chi connectivity index (χ4v) is 3.39. The molecule has 0 atom stereocenters. The van der Waals surface area contributed by atoms with Crippen molar-refractivity contribution in [2.75, 3.05) is 40.0 Å². The highest BCUT2D eigenvalue weighted by Gasteiger charge is 2.21. The Bertz CT molecular complexity index is 582. The maximum atomic E-state index is 6.25. The Balaban J connectivity index is 0.00000364. The third-order valence-corrected chi connectivity index (χ3v) is 4.92. The summed E-state index contributed by atoms with van der Waals surface area (Å²) in [6.45, 7) is 6.85. The number of hydrogen-bond donors (Lipinski definition) is 1. The average molecular weight is 530 g/mol. The first kappa shape index (κ1) is 24.8. The SMILES string of the molecule is CCNC(=NCc1ccc(Cl)cc1Cl)N1CCC(OCCCOC)CC1.I. The van der Waals surface area contributed by atoms with E-state index in [1.807, 2.05) is 12.1 Å². The fraction of sp³-hybridized carbons (Fsp3) is 0.632. The van der Waals surface area contributed by atoms with Crippen molar-refractivity contribution in [2.24, 2.45) is 4.99 Å². The second-order valence-electron chi connectivity index (χ2n) is 6.31. The van der Waals surface area contributed by atoms with Crippen molar-refractivity contribution in [3.63, 3.8) is 0 Å². The Labute approximate surface area is 189 Å². The number of halogens is 3. The predicted octanol–water partition coefficient (Wildman–Crippen LogP) is 4.59. The molecule has 1 aliphatic rings. The van der Waals surface area contributed by atoms with E-state index in [9.17, 15) is 0 Å². The van der Waals surface area contributed by atoms with Crippen molar-refractivity contribution in [3.05, 3.63) is 33.8 Å². The Morgan fingerprint density at radius 3 is 2.63 bits per heavy atom. The highest BCUT2D eigenvalue weighted by molar-refractivity contribution is 14.0. The molecule has 0 spiro atoms. The number of likely N-dealkylation sites (tertiary alicyclic amines) is 1. The van der Waals surface area contributed by atoms with Crippen molar-refractivity contribution in [3.8, 4) is 0 Å². The number of hydrogen-bond acceptors (Lipinski definition) is 3. The van der Waals surface area contributed by atoms with Gasteiger partial charge in [0.2, 0.25) is 0 Å². The first-order chi connectivity index (χ1) is 12.6. The zero-order chi connectivity index (χ0) is 18.8. The zero-order valence-electron chi connectivity index (χ0n) is 16.0. The smallest absolute Gasteiger partial charge is 0.194 e. The molecule has 154 valence electrons. The number of piperidine rings is 1. The molecular weight excluding hydrogens is 500 g/mol. The molecular formula is C19H30Cl2IN3O2. The van der Waals surface area contributed by atoms with Crippen LogP contribution in [0, 0.1) is 0 Å². The summed E-state index contributed by atoms with van der Waals surface area (Å²) in [7, 11) is 1.72. The number of nitrogens with zero attached hydrogens (tertiary/aromatic N) is 2. The lowest BCUT2D eigenvalue weighted by Gasteiger charge is -2.34. The second-order valence-corrected chi connectivity index (χ2v) is 7.15. The average Bonchev–Trinajstić information content (AvgIpc) is 2.64. The van der Waals surface area contributed by atoms with E-state index in [2.05, 4.69) is 17.1 Å². The third kappa shape index (κ3) is 8.73. The van der Waals surface area contributed by atoms with Gasteiger partial charge in [0.15, 0.2) is 5.96 Å². The molecule has 1 N–H and O–H groups in total. The standard InChI is InChI=1S/C19H29Cl2N3O2.HI/c1-3-22-19(23-14-15-5-6-16(20)13-18(15)21)24-9-7-17(8-10-24)26-12-4-11-25-2;/h5-6,13,17H,3-4,7-12,14H2,1-2H3,(H,22,23);1H. The fourth-order valence-electron chi connectivity index (χ4n) is 2.92. The first-order valence-electron chi connectivity index (χ1n) is 9.21. The van der Waals surface area contributed by atoms with E-state index in [4.69, 9.17) is 37.7 Å².